The first-order chi connectivity index (χ1) is 32.9. The zero-order chi connectivity index (χ0) is 49.7. The van der Waals surface area contributed by atoms with Crippen molar-refractivity contribution in [3.05, 3.63) is 85.1 Å². The number of hydrogen-bond acceptors (Lipinski definition) is 13. The molecule has 0 aromatic rings. The van der Waals surface area contributed by atoms with E-state index in [1.807, 2.05) is 18.2 Å². The number of carbonyl (C=O) groups is 2. The number of aliphatic hydroxyl groups is 5. The molecule has 0 bridgehead atoms. The Bertz CT molecular complexity index is 1570. The number of hydrogen-bond donors (Lipinski definition) is 6. The molecule has 0 amide bonds. The molecule has 5 unspecified atom stereocenters. The smallest absolute Gasteiger partial charge is 0.462 e. The second-order valence-electron chi connectivity index (χ2n) is 17.7. The first-order valence-corrected chi connectivity index (χ1v) is 27.0. The highest BCUT2D eigenvalue weighted by molar-refractivity contribution is 7.47. The van der Waals surface area contributed by atoms with E-state index in [1.165, 1.54) is 51.4 Å². The summed E-state index contributed by atoms with van der Waals surface area (Å²) in [7, 11) is -5.15. The Balaban J connectivity index is 1.70. The van der Waals surface area contributed by atoms with Crippen LogP contribution in [-0.4, -0.2) is 111 Å². The van der Waals surface area contributed by atoms with Crippen molar-refractivity contribution in [1.82, 2.24) is 0 Å². The Morgan fingerprint density at radius 2 is 0.985 bits per heavy atom. The molecule has 68 heavy (non-hydrogen) atoms. The largest absolute Gasteiger partial charge is 0.472 e. The molecular weight excluding hydrogens is 892 g/mol. The molecule has 2 aliphatic rings. The van der Waals surface area contributed by atoms with Crippen molar-refractivity contribution in [1.29, 1.82) is 0 Å². The predicted molar refractivity (Wildman–Crippen MR) is 266 cm³/mol. The normalized spacial score (nSPS) is 24.7. The second kappa shape index (κ2) is 38.7. The Kier molecular flexibility index (Phi) is 34.8. The maximum absolute atomic E-state index is 12.9. The summed E-state index contributed by atoms with van der Waals surface area (Å²) in [5.74, 6) is -1.21. The summed E-state index contributed by atoms with van der Waals surface area (Å²) in [6.45, 7) is 3.09. The Morgan fingerprint density at radius 3 is 1.53 bits per heavy atom. The van der Waals surface area contributed by atoms with Gasteiger partial charge in [0.1, 0.15) is 43.2 Å². The Morgan fingerprint density at radius 1 is 0.529 bits per heavy atom. The number of esters is 2. The van der Waals surface area contributed by atoms with Crippen molar-refractivity contribution >= 4 is 19.8 Å². The number of phosphoric ester groups is 1. The standard InChI is InChI=1S/C53H87O14P/c1-3-5-7-8-9-10-11-12-13-14-15-16-17-18-23-26-29-32-36-40-47(55)65-43(42-64-68(61,62)67-53-51(59)49(57)48(56)50(58)52(53)60)41-63-46(54)39-35-31-28-25-22-20-19-21-24-27-30-34-38-45-44(66-45)37-33-6-4-2/h6,9-10,12-13,20-22,24,28,30-31,33-34,43-45,48-53,56-60H,3-5,7-8,11,14-19,23,25-27,29,32,35-42H2,1-2H3,(H,61,62)/b10-9-,13-12-,22-20-,24-21-,31-28-,33-6-,34-30-/t43-,44?,45?,48?,49-,50+,51-,52-,53?/m1/s1. The van der Waals surface area contributed by atoms with Crippen LogP contribution in [0.15, 0.2) is 85.1 Å². The van der Waals surface area contributed by atoms with Gasteiger partial charge in [-0.15, -0.1) is 0 Å². The number of rotatable bonds is 40. The molecule has 1 aliphatic heterocycles. The molecule has 1 saturated heterocycles. The highest BCUT2D eigenvalue weighted by atomic mass is 31.2. The van der Waals surface area contributed by atoms with Crippen molar-refractivity contribution in [3.8, 4) is 0 Å². The number of phosphoric acid groups is 1. The van der Waals surface area contributed by atoms with E-state index in [-0.39, 0.29) is 12.8 Å². The van der Waals surface area contributed by atoms with E-state index >= 15 is 0 Å². The maximum atomic E-state index is 12.9. The average Bonchev–Trinajstić information content (AvgIpc) is 4.08. The van der Waals surface area contributed by atoms with Gasteiger partial charge >= 0.3 is 19.8 Å². The molecule has 6 N–H and O–H groups in total. The van der Waals surface area contributed by atoms with Gasteiger partial charge in [-0.05, 0) is 83.5 Å². The fourth-order valence-corrected chi connectivity index (χ4v) is 8.42. The van der Waals surface area contributed by atoms with Crippen LogP contribution in [0, 0.1) is 0 Å². The van der Waals surface area contributed by atoms with Crippen molar-refractivity contribution in [3.63, 3.8) is 0 Å². The number of aliphatic hydroxyl groups excluding tert-OH is 5. The van der Waals surface area contributed by atoms with E-state index in [9.17, 15) is 44.6 Å². The Hall–Kier alpha value is -3.01. The number of epoxide rings is 1. The lowest BCUT2D eigenvalue weighted by Gasteiger charge is -2.41. The van der Waals surface area contributed by atoms with Gasteiger partial charge in [-0.2, -0.15) is 0 Å². The molecule has 14 nitrogen and oxygen atoms in total. The molecule has 10 atom stereocenters. The van der Waals surface area contributed by atoms with Crippen LogP contribution in [0.5, 0.6) is 0 Å². The lowest BCUT2D eigenvalue weighted by molar-refractivity contribution is -0.220. The van der Waals surface area contributed by atoms with Crippen molar-refractivity contribution in [2.45, 2.75) is 223 Å². The van der Waals surface area contributed by atoms with Crippen molar-refractivity contribution in [2.75, 3.05) is 13.2 Å². The maximum Gasteiger partial charge on any atom is 0.472 e. The van der Waals surface area contributed by atoms with Crippen LogP contribution in [0.3, 0.4) is 0 Å². The van der Waals surface area contributed by atoms with Gasteiger partial charge in [0, 0.05) is 12.8 Å². The van der Waals surface area contributed by atoms with Gasteiger partial charge in [0.25, 0.3) is 0 Å². The van der Waals surface area contributed by atoms with Gasteiger partial charge in [-0.3, -0.25) is 18.6 Å². The summed E-state index contributed by atoms with van der Waals surface area (Å²) in [5, 5.41) is 50.3. The van der Waals surface area contributed by atoms with E-state index < -0.39 is 75.7 Å². The highest BCUT2D eigenvalue weighted by Crippen LogP contribution is 2.47. The molecule has 1 saturated carbocycles. The van der Waals surface area contributed by atoms with Gasteiger partial charge in [0.05, 0.1) is 18.8 Å². The first-order valence-electron chi connectivity index (χ1n) is 25.5. The van der Waals surface area contributed by atoms with Gasteiger partial charge in [-0.25, -0.2) is 4.57 Å². The van der Waals surface area contributed by atoms with Gasteiger partial charge < -0.3 is 44.6 Å². The number of ether oxygens (including phenoxy) is 3. The Labute approximate surface area is 407 Å². The van der Waals surface area contributed by atoms with Gasteiger partial charge in [0.15, 0.2) is 6.10 Å². The predicted octanol–water partition coefficient (Wildman–Crippen LogP) is 9.82. The topological polar surface area (TPSA) is 222 Å². The SMILES string of the molecule is CC/C=C\CC1OC1C/C=C\C/C=C\C/C=C\C/C=C\CCC(=O)OC[C@H](COP(=O)(O)OC1[C@H](O)[C@H](O)C(O)[C@H](O)[C@H]1O)OC(=O)CCCCCCCCCCC/C=C\C/C=C\CCCCC. The molecule has 1 heterocycles. The van der Waals surface area contributed by atoms with Crippen molar-refractivity contribution in [2.24, 2.45) is 0 Å². The van der Waals surface area contributed by atoms with Crippen LogP contribution in [0.2, 0.25) is 0 Å². The van der Waals surface area contributed by atoms with E-state index in [2.05, 4.69) is 80.7 Å². The van der Waals surface area contributed by atoms with Crippen LogP contribution in [0.25, 0.3) is 0 Å². The molecule has 0 spiro atoms. The third-order valence-corrected chi connectivity index (χ3v) is 12.6. The summed E-state index contributed by atoms with van der Waals surface area (Å²) in [6, 6.07) is 0. The summed E-state index contributed by atoms with van der Waals surface area (Å²) < 4.78 is 39.2. The van der Waals surface area contributed by atoms with E-state index in [1.54, 1.807) is 0 Å². The number of carbonyl (C=O) groups excluding carboxylic acids is 2. The van der Waals surface area contributed by atoms with Crippen molar-refractivity contribution < 1.29 is 67.8 Å². The lowest BCUT2D eigenvalue weighted by Crippen LogP contribution is -2.64. The third kappa shape index (κ3) is 29.9. The number of unbranched alkanes of at least 4 members (excludes halogenated alkanes) is 12. The number of allylic oxidation sites excluding steroid dienone is 12. The van der Waals surface area contributed by atoms with Crippen LogP contribution < -0.4 is 0 Å². The fraction of sp³-hybridized carbons (Fsp3) is 0.698. The monoisotopic (exact) mass is 979 g/mol. The quantitative estimate of drug-likeness (QED) is 0.0111. The van der Waals surface area contributed by atoms with E-state index in [4.69, 9.17) is 23.3 Å². The zero-order valence-electron chi connectivity index (χ0n) is 41.1. The summed E-state index contributed by atoms with van der Waals surface area (Å²) >= 11 is 0. The fourth-order valence-electron chi connectivity index (χ4n) is 7.44. The zero-order valence-corrected chi connectivity index (χ0v) is 42.0. The first kappa shape index (κ1) is 61.1. The summed E-state index contributed by atoms with van der Waals surface area (Å²) in [5.41, 5.74) is 0. The average molecular weight is 979 g/mol. The molecule has 1 aliphatic carbocycles. The molecule has 15 heteroatoms. The molecule has 0 radical (unpaired) electrons. The summed E-state index contributed by atoms with van der Waals surface area (Å²) in [4.78, 5) is 35.8. The van der Waals surface area contributed by atoms with Crippen LogP contribution in [0.4, 0.5) is 0 Å². The highest BCUT2D eigenvalue weighted by Gasteiger charge is 2.51. The molecular formula is C53H87O14P. The molecule has 2 fully saturated rings. The molecule has 0 aromatic carbocycles. The third-order valence-electron chi connectivity index (χ3n) is 11.6. The van der Waals surface area contributed by atoms with E-state index in [0.29, 0.717) is 31.5 Å². The molecule has 0 aromatic heterocycles. The molecule has 2 rings (SSSR count). The van der Waals surface area contributed by atoms with Gasteiger partial charge in [-0.1, -0.05) is 157 Å². The molecule has 388 valence electrons. The van der Waals surface area contributed by atoms with Crippen LogP contribution in [0.1, 0.15) is 168 Å². The lowest BCUT2D eigenvalue weighted by atomic mass is 9.85. The second-order valence-corrected chi connectivity index (χ2v) is 19.1. The minimum atomic E-state index is -5.15. The minimum absolute atomic E-state index is 0.0334. The van der Waals surface area contributed by atoms with Crippen LogP contribution >= 0.6 is 7.82 Å². The minimum Gasteiger partial charge on any atom is -0.462 e. The summed E-state index contributed by atoms with van der Waals surface area (Å²) in [6.07, 6.45) is 39.6. The van der Waals surface area contributed by atoms with Crippen LogP contribution in [-0.2, 0) is 37.4 Å². The van der Waals surface area contributed by atoms with Gasteiger partial charge in [0.2, 0.25) is 0 Å². The van der Waals surface area contributed by atoms with E-state index in [0.717, 1.165) is 70.6 Å².